The first kappa shape index (κ1) is 13.1. The van der Waals surface area contributed by atoms with E-state index in [1.54, 1.807) is 0 Å². The third-order valence-corrected chi connectivity index (χ3v) is 3.21. The summed E-state index contributed by atoms with van der Waals surface area (Å²) >= 11 is 4.71. The van der Waals surface area contributed by atoms with Crippen LogP contribution in [0.15, 0.2) is 15.9 Å². The van der Waals surface area contributed by atoms with Crippen molar-refractivity contribution >= 4 is 39.6 Å². The predicted molar refractivity (Wildman–Crippen MR) is 56.0 cm³/mol. The molecule has 15 heavy (non-hydrogen) atoms. The van der Waals surface area contributed by atoms with Crippen molar-refractivity contribution in [2.75, 3.05) is 0 Å². The molecule has 88 valence electrons. The van der Waals surface area contributed by atoms with Crippen molar-refractivity contribution in [3.63, 3.8) is 0 Å². The van der Waals surface area contributed by atoms with Crippen molar-refractivity contribution in [3.05, 3.63) is 20.8 Å². The van der Waals surface area contributed by atoms with Gasteiger partial charge in [-0.1, -0.05) is 0 Å². The summed E-state index contributed by atoms with van der Waals surface area (Å²) in [4.78, 5) is 21.6. The van der Waals surface area contributed by atoms with E-state index in [4.69, 9.17) is 5.11 Å². The van der Waals surface area contributed by atoms with E-state index >= 15 is 0 Å². The summed E-state index contributed by atoms with van der Waals surface area (Å²) in [6.45, 7) is 0. The Morgan fingerprint density at radius 2 is 2.33 bits per heavy atom. The summed E-state index contributed by atoms with van der Waals surface area (Å²) in [6.07, 6.45) is 1.67. The summed E-state index contributed by atoms with van der Waals surface area (Å²) in [6, 6.07) is 2.75. The maximum absolute atomic E-state index is 10.7. The van der Waals surface area contributed by atoms with Gasteiger partial charge in [-0.25, -0.2) is 0 Å². The van der Waals surface area contributed by atoms with Crippen molar-refractivity contribution in [1.29, 1.82) is 0 Å². The molecule has 1 amide bonds. The van der Waals surface area contributed by atoms with Crippen LogP contribution in [0.1, 0.15) is 4.88 Å². The van der Waals surface area contributed by atoms with E-state index in [0.717, 1.165) is 8.66 Å². The van der Waals surface area contributed by atoms with Crippen LogP contribution >= 0.6 is 27.3 Å². The molecule has 0 fully saturated rings. The molecule has 4 nitrogen and oxygen atoms in total. The first-order chi connectivity index (χ1) is 6.63. The van der Waals surface area contributed by atoms with Crippen molar-refractivity contribution in [2.24, 2.45) is 0 Å². The summed E-state index contributed by atoms with van der Waals surface area (Å²) in [5.41, 5.74) is 0. The fraction of sp³-hybridized carbons (Fsp3) is 0.250. The Hall–Kier alpha value is -1.88. The van der Waals surface area contributed by atoms with Crippen LogP contribution in [0.2, 0.25) is 0 Å². The molecule has 1 atom stereocenters. The van der Waals surface area contributed by atoms with Gasteiger partial charge < -0.3 is 15.2 Å². The second-order valence-corrected chi connectivity index (χ2v) is 5.09. The number of carbonyl (C=O) groups is 1. The van der Waals surface area contributed by atoms with Gasteiger partial charge in [0.2, 0.25) is 0 Å². The van der Waals surface area contributed by atoms with E-state index < -0.39 is 12.0 Å². The zero-order chi connectivity index (χ0) is 10.6. The smallest absolute Gasteiger partial charge is 0.323 e. The quantitative estimate of drug-likeness (QED) is 0.441. The number of amides is 1. The van der Waals surface area contributed by atoms with Gasteiger partial charge in [0.25, 0.3) is 0 Å². The molecule has 0 aliphatic rings. The molecule has 1 heterocycles. The molecule has 1 unspecified atom stereocenters. The van der Waals surface area contributed by atoms with Crippen molar-refractivity contribution in [2.45, 2.75) is 12.5 Å². The Morgan fingerprint density at radius 1 is 1.67 bits per heavy atom. The summed E-state index contributed by atoms with van der Waals surface area (Å²) in [5.74, 6) is -1.06. The molecule has 1 aromatic rings. The minimum Gasteiger partial charge on any atom is -0.520 e. The number of rotatable bonds is 5. The van der Waals surface area contributed by atoms with Crippen LogP contribution in [0.4, 0.5) is 0 Å². The van der Waals surface area contributed by atoms with Crippen molar-refractivity contribution < 1.29 is 14.7 Å². The first-order valence-corrected chi connectivity index (χ1v) is 5.34. The van der Waals surface area contributed by atoms with E-state index in [0.29, 0.717) is 0 Å². The number of carbonyl (C=O) groups excluding carboxylic acids is 1. The molecule has 1 aromatic heterocycles. The van der Waals surface area contributed by atoms with Crippen LogP contribution in [0.25, 0.3) is 0 Å². The zero-order valence-corrected chi connectivity index (χ0v) is 12.1. The maximum atomic E-state index is 10.7. The summed E-state index contributed by atoms with van der Waals surface area (Å²) < 4.78 is 0.937. The van der Waals surface area contributed by atoms with Crippen LogP contribution in [0.5, 0.6) is 0 Å². The van der Waals surface area contributed by atoms with Crippen LogP contribution in [0.3, 0.4) is 0 Å². The van der Waals surface area contributed by atoms with Gasteiger partial charge >= 0.3 is 5.97 Å². The topological polar surface area (TPSA) is 66.4 Å². The minimum atomic E-state index is -1.06. The molecule has 2 N–H and O–H groups in total. The fourth-order valence-corrected chi connectivity index (χ4v) is 2.46. The Kier molecular flexibility index (Phi) is 5.04. The van der Waals surface area contributed by atoms with Gasteiger partial charge in [-0.05, 0) is 28.1 Å². The fourth-order valence-electron chi connectivity index (χ4n) is 0.934. The van der Waals surface area contributed by atoms with E-state index in [2.05, 4.69) is 21.2 Å². The van der Waals surface area contributed by atoms with E-state index in [9.17, 15) is 9.59 Å². The molecule has 0 saturated carbocycles. The molecule has 0 spiro atoms. The maximum Gasteiger partial charge on any atom is 0.323 e. The van der Waals surface area contributed by atoms with Crippen molar-refractivity contribution in [1.82, 2.24) is 5.32 Å². The van der Waals surface area contributed by atoms with E-state index in [1.807, 2.05) is 12.1 Å². The number of halogens is 1. The van der Waals surface area contributed by atoms with Crippen LogP contribution in [-0.4, -0.2) is 23.5 Å². The normalized spacial score (nSPS) is 11.3. The molecule has 0 radical (unpaired) electrons. The molecule has 0 aliphatic carbocycles. The second kappa shape index (κ2) is 5.77. The summed E-state index contributed by atoms with van der Waals surface area (Å²) in [5, 5.41) is 10.9. The molecule has 0 aromatic carbocycles. The number of hydrogen-bond acceptors (Lipinski definition) is 3. The monoisotopic (exact) mass is 533 g/mol. The Labute approximate surface area is 93.1 Å². The molecule has 1 rings (SSSR count). The standard InChI is InChI=1S/C8H7BrNO3S.Fm/c9-7-2-1-5(14-7)3-6(8(12)13)10-4-11;/h1-2,6H,3H2,(H,10,11)(H,12,13);/q-1;. The van der Waals surface area contributed by atoms with Gasteiger partial charge in [0, 0.05) is 11.3 Å². The Morgan fingerprint density at radius 3 is 2.73 bits per heavy atom. The van der Waals surface area contributed by atoms with E-state index in [1.165, 1.54) is 17.7 Å². The van der Waals surface area contributed by atoms with E-state index in [-0.39, 0.29) is 6.42 Å². The number of aliphatic carboxylic acids is 1. The largest absolute Gasteiger partial charge is 0.520 e. The van der Waals surface area contributed by atoms with Gasteiger partial charge in [0.05, 0.1) is 3.79 Å². The van der Waals surface area contributed by atoms with Crippen LogP contribution < -0.4 is 5.32 Å². The molecule has 0 saturated heterocycles. The SMILES string of the molecule is O=[C-]NC(Cc1ccc(Br)s1)C(=O)O.[Fm]. The zero-order valence-electron chi connectivity index (χ0n) is 7.28. The summed E-state index contributed by atoms with van der Waals surface area (Å²) in [7, 11) is 0. The predicted octanol–water partition coefficient (Wildman–Crippen LogP) is 1.16. The average molecular weight is 534 g/mol. The van der Waals surface area contributed by atoms with Crippen LogP contribution in [0, 0.1) is 0 Å². The first-order valence-electron chi connectivity index (χ1n) is 3.73. The molecular formula is C8H7BrFmNO3S-. The Balaban J connectivity index is 0.00000196. The van der Waals surface area contributed by atoms with Gasteiger partial charge in [0.1, 0.15) is 6.04 Å². The third-order valence-electron chi connectivity index (χ3n) is 1.57. The van der Waals surface area contributed by atoms with Crippen LogP contribution in [-0.2, 0) is 16.0 Å². The average Bonchev–Trinajstić information content (AvgIpc) is 2.50. The minimum absolute atomic E-state index is 0. The number of carboxylic acids is 1. The molecule has 7 heteroatoms. The molecule has 0 bridgehead atoms. The number of carboxylic acid groups (broad SMARTS) is 1. The second-order valence-electron chi connectivity index (χ2n) is 2.55. The van der Waals surface area contributed by atoms with Gasteiger partial charge in [-0.15, -0.1) is 11.3 Å². The van der Waals surface area contributed by atoms with Gasteiger partial charge in [0.15, 0.2) is 0 Å². The third kappa shape index (κ3) is 3.78. The molecular weight excluding hydrogens is 527 g/mol. The van der Waals surface area contributed by atoms with Gasteiger partial charge in [-0.2, -0.15) is 6.41 Å². The number of thiophene rings is 1. The van der Waals surface area contributed by atoms with Gasteiger partial charge in [-0.3, -0.25) is 4.79 Å². The van der Waals surface area contributed by atoms with Crippen molar-refractivity contribution in [3.8, 4) is 0 Å². The number of nitrogens with one attached hydrogen (secondary N) is 1. The Bertz CT molecular complexity index is 344. The number of hydrogen-bond donors (Lipinski definition) is 2. The molecule has 0 aliphatic heterocycles.